The molecule has 1 aliphatic carbocycles. The van der Waals surface area contributed by atoms with Crippen LogP contribution in [0.1, 0.15) is 33.0 Å². The summed E-state index contributed by atoms with van der Waals surface area (Å²) in [6.45, 7) is -0.493. The third-order valence-electron chi connectivity index (χ3n) is 3.91. The molecular formula is C17H16N2O5S. The van der Waals surface area contributed by atoms with Crippen LogP contribution in [0.4, 0.5) is 11.4 Å². The van der Waals surface area contributed by atoms with Crippen molar-refractivity contribution in [1.82, 2.24) is 0 Å². The van der Waals surface area contributed by atoms with Crippen molar-refractivity contribution in [3.8, 4) is 0 Å². The zero-order valence-corrected chi connectivity index (χ0v) is 14.1. The average Bonchev–Trinajstić information content (AvgIpc) is 3.04. The van der Waals surface area contributed by atoms with Gasteiger partial charge in [0.05, 0.1) is 4.92 Å². The third kappa shape index (κ3) is 4.03. The fourth-order valence-corrected chi connectivity index (χ4v) is 3.87. The minimum Gasteiger partial charge on any atom is -0.451 e. The Kier molecular flexibility index (Phi) is 5.08. The van der Waals surface area contributed by atoms with Crippen molar-refractivity contribution < 1.29 is 19.2 Å². The van der Waals surface area contributed by atoms with E-state index in [4.69, 9.17) is 4.74 Å². The quantitative estimate of drug-likeness (QED) is 0.501. The number of carbonyl (C=O) groups excluding carboxylic acids is 2. The van der Waals surface area contributed by atoms with E-state index >= 15 is 0 Å². The first-order chi connectivity index (χ1) is 12.0. The van der Waals surface area contributed by atoms with Gasteiger partial charge in [-0.05, 0) is 43.4 Å². The van der Waals surface area contributed by atoms with E-state index in [9.17, 15) is 19.7 Å². The van der Waals surface area contributed by atoms with Gasteiger partial charge in [-0.1, -0.05) is 12.1 Å². The maximum Gasteiger partial charge on any atom is 0.348 e. The number of para-hydroxylation sites is 2. The number of nitrogens with zero attached hydrogens (tertiary/aromatic N) is 1. The maximum absolute atomic E-state index is 12.1. The summed E-state index contributed by atoms with van der Waals surface area (Å²) in [5.41, 5.74) is 1.04. The lowest BCUT2D eigenvalue weighted by atomic mass is 9.99. The zero-order chi connectivity index (χ0) is 17.8. The van der Waals surface area contributed by atoms with Gasteiger partial charge in [0.25, 0.3) is 11.6 Å². The Morgan fingerprint density at radius 1 is 1.24 bits per heavy atom. The minimum atomic E-state index is -0.621. The normalized spacial score (nSPS) is 13.0. The van der Waals surface area contributed by atoms with Crippen LogP contribution >= 0.6 is 11.3 Å². The summed E-state index contributed by atoms with van der Waals surface area (Å²) in [7, 11) is 0. The van der Waals surface area contributed by atoms with E-state index in [0.717, 1.165) is 25.7 Å². The minimum absolute atomic E-state index is 0.0696. The summed E-state index contributed by atoms with van der Waals surface area (Å²) in [4.78, 5) is 36.0. The van der Waals surface area contributed by atoms with Gasteiger partial charge in [-0.3, -0.25) is 14.9 Å². The first-order valence-corrected chi connectivity index (χ1v) is 8.68. The molecule has 0 saturated heterocycles. The second kappa shape index (κ2) is 7.43. The number of nitrogens with one attached hydrogen (secondary N) is 1. The van der Waals surface area contributed by atoms with Crippen LogP contribution in [-0.4, -0.2) is 23.4 Å². The zero-order valence-electron chi connectivity index (χ0n) is 13.3. The summed E-state index contributed by atoms with van der Waals surface area (Å²) >= 11 is 1.41. The molecule has 0 bridgehead atoms. The van der Waals surface area contributed by atoms with Crippen LogP contribution in [0, 0.1) is 10.1 Å². The van der Waals surface area contributed by atoms with Gasteiger partial charge >= 0.3 is 5.97 Å². The topological polar surface area (TPSA) is 98.5 Å². The first-order valence-electron chi connectivity index (χ1n) is 7.86. The lowest BCUT2D eigenvalue weighted by Crippen LogP contribution is -2.21. The standard InChI is InChI=1S/C17H16N2O5S/c20-16(18-12-6-2-3-7-13(12)19(22)23)10-24-17(21)15-9-11-5-1-4-8-14(11)25-15/h2-3,6-7,9H,1,4-5,8,10H2,(H,18,20). The molecule has 7 nitrogen and oxygen atoms in total. The van der Waals surface area contributed by atoms with E-state index in [1.54, 1.807) is 6.07 Å². The number of amides is 1. The molecule has 0 unspecified atom stereocenters. The lowest BCUT2D eigenvalue weighted by Gasteiger charge is -2.08. The van der Waals surface area contributed by atoms with E-state index in [1.807, 2.05) is 6.07 Å². The molecule has 0 aliphatic heterocycles. The number of aryl methyl sites for hydroxylation is 2. The fourth-order valence-electron chi connectivity index (χ4n) is 2.72. The van der Waals surface area contributed by atoms with E-state index < -0.39 is 23.4 Å². The molecule has 0 fully saturated rings. The van der Waals surface area contributed by atoms with Gasteiger partial charge in [-0.15, -0.1) is 11.3 Å². The Hall–Kier alpha value is -2.74. The SMILES string of the molecule is O=C(COC(=O)c1cc2c(s1)CCCC2)Nc1ccccc1[N+](=O)[O-]. The highest BCUT2D eigenvalue weighted by Crippen LogP contribution is 2.30. The smallest absolute Gasteiger partial charge is 0.348 e. The van der Waals surface area contributed by atoms with Crippen LogP contribution in [0.3, 0.4) is 0 Å². The highest BCUT2D eigenvalue weighted by molar-refractivity contribution is 7.14. The molecule has 0 radical (unpaired) electrons. The number of benzene rings is 1. The molecule has 25 heavy (non-hydrogen) atoms. The van der Waals surface area contributed by atoms with Crippen LogP contribution in [0.2, 0.25) is 0 Å². The highest BCUT2D eigenvalue weighted by atomic mass is 32.1. The average molecular weight is 360 g/mol. The van der Waals surface area contributed by atoms with E-state index in [1.165, 1.54) is 40.0 Å². The monoisotopic (exact) mass is 360 g/mol. The van der Waals surface area contributed by atoms with Crippen LogP contribution in [0.15, 0.2) is 30.3 Å². The van der Waals surface area contributed by atoms with Gasteiger partial charge in [-0.2, -0.15) is 0 Å². The Morgan fingerprint density at radius 2 is 2.00 bits per heavy atom. The van der Waals surface area contributed by atoms with Gasteiger partial charge < -0.3 is 10.1 Å². The predicted octanol–water partition coefficient (Wildman–Crippen LogP) is 3.33. The number of hydrogen-bond donors (Lipinski definition) is 1. The number of ether oxygens (including phenoxy) is 1. The van der Waals surface area contributed by atoms with Crippen molar-refractivity contribution >= 4 is 34.6 Å². The van der Waals surface area contributed by atoms with Crippen LogP contribution in [0.25, 0.3) is 0 Å². The van der Waals surface area contributed by atoms with Crippen LogP contribution < -0.4 is 5.32 Å². The van der Waals surface area contributed by atoms with Gasteiger partial charge in [0.2, 0.25) is 0 Å². The molecule has 1 amide bonds. The molecule has 0 atom stereocenters. The second-order valence-corrected chi connectivity index (χ2v) is 6.80. The van der Waals surface area contributed by atoms with Crippen molar-refractivity contribution in [2.24, 2.45) is 0 Å². The van der Waals surface area contributed by atoms with Crippen molar-refractivity contribution in [3.63, 3.8) is 0 Å². The summed E-state index contributed by atoms with van der Waals surface area (Å²) in [6, 6.07) is 7.63. The molecule has 1 N–H and O–H groups in total. The molecule has 1 heterocycles. The van der Waals surface area contributed by atoms with Crippen molar-refractivity contribution in [3.05, 3.63) is 55.8 Å². The summed E-state index contributed by atoms with van der Waals surface area (Å²) in [5, 5.41) is 13.3. The number of hydrogen-bond acceptors (Lipinski definition) is 6. The number of nitro groups is 1. The highest BCUT2D eigenvalue weighted by Gasteiger charge is 2.20. The van der Waals surface area contributed by atoms with Crippen molar-refractivity contribution in [1.29, 1.82) is 0 Å². The molecular weight excluding hydrogens is 344 g/mol. The molecule has 2 aromatic rings. The number of nitro benzene ring substituents is 1. The Morgan fingerprint density at radius 3 is 2.76 bits per heavy atom. The first kappa shape index (κ1) is 17.1. The van der Waals surface area contributed by atoms with Gasteiger partial charge in [0.15, 0.2) is 6.61 Å². The molecule has 1 aromatic heterocycles. The Labute approximate surface area is 147 Å². The molecule has 1 aromatic carbocycles. The van der Waals surface area contributed by atoms with Gasteiger partial charge in [0.1, 0.15) is 10.6 Å². The fraction of sp³-hybridized carbons (Fsp3) is 0.294. The number of esters is 1. The van der Waals surface area contributed by atoms with Gasteiger partial charge in [-0.25, -0.2) is 4.79 Å². The molecule has 1 aliphatic rings. The second-order valence-electron chi connectivity index (χ2n) is 5.66. The molecule has 130 valence electrons. The number of anilines is 1. The molecule has 0 saturated carbocycles. The Balaban J connectivity index is 1.58. The number of rotatable bonds is 5. The van der Waals surface area contributed by atoms with Crippen molar-refractivity contribution in [2.45, 2.75) is 25.7 Å². The van der Waals surface area contributed by atoms with Crippen LogP contribution in [-0.2, 0) is 22.4 Å². The predicted molar refractivity (Wildman–Crippen MR) is 93.0 cm³/mol. The summed E-state index contributed by atoms with van der Waals surface area (Å²) < 4.78 is 5.03. The number of thiophene rings is 1. The largest absolute Gasteiger partial charge is 0.451 e. The van der Waals surface area contributed by atoms with Gasteiger partial charge in [0, 0.05) is 10.9 Å². The third-order valence-corrected chi connectivity index (χ3v) is 5.12. The number of fused-ring (bicyclic) bond motifs is 1. The number of carbonyl (C=O) groups is 2. The van der Waals surface area contributed by atoms with Crippen molar-refractivity contribution in [2.75, 3.05) is 11.9 Å². The lowest BCUT2D eigenvalue weighted by molar-refractivity contribution is -0.383. The summed E-state index contributed by atoms with van der Waals surface area (Å²) in [6.07, 6.45) is 4.19. The molecule has 0 spiro atoms. The molecule has 3 rings (SSSR count). The van der Waals surface area contributed by atoms with E-state index in [2.05, 4.69) is 5.32 Å². The Bertz CT molecular complexity index is 807. The van der Waals surface area contributed by atoms with Crippen LogP contribution in [0.5, 0.6) is 0 Å². The molecule has 8 heteroatoms. The maximum atomic E-state index is 12.1. The summed E-state index contributed by atoms with van der Waals surface area (Å²) in [5.74, 6) is -1.17. The van der Waals surface area contributed by atoms with E-state index in [0.29, 0.717) is 4.88 Å². The van der Waals surface area contributed by atoms with E-state index in [-0.39, 0.29) is 11.4 Å².